The number of rotatable bonds is 5. The van der Waals surface area contributed by atoms with Crippen LogP contribution >= 0.6 is 27.5 Å². The van der Waals surface area contributed by atoms with Gasteiger partial charge in [-0.2, -0.15) is 0 Å². The SMILES string of the molecule is O=C(COc1ccc(Br)cc1Cl)N1CCN(Cc2ccc3c(c2)OCO3)CC1. The predicted molar refractivity (Wildman–Crippen MR) is 109 cm³/mol. The Balaban J connectivity index is 1.25. The molecule has 0 aliphatic carbocycles. The van der Waals surface area contributed by atoms with Crippen molar-refractivity contribution in [2.75, 3.05) is 39.6 Å². The number of ether oxygens (including phenoxy) is 3. The Bertz CT molecular complexity index is 871. The van der Waals surface area contributed by atoms with Gasteiger partial charge >= 0.3 is 0 Å². The van der Waals surface area contributed by atoms with Gasteiger partial charge in [0.25, 0.3) is 5.91 Å². The lowest BCUT2D eigenvalue weighted by Gasteiger charge is -2.34. The molecule has 6 nitrogen and oxygen atoms in total. The van der Waals surface area contributed by atoms with Gasteiger partial charge in [0.05, 0.1) is 5.02 Å². The molecule has 0 unspecified atom stereocenters. The summed E-state index contributed by atoms with van der Waals surface area (Å²) in [6.07, 6.45) is 0. The summed E-state index contributed by atoms with van der Waals surface area (Å²) in [7, 11) is 0. The zero-order valence-corrected chi connectivity index (χ0v) is 17.5. The lowest BCUT2D eigenvalue weighted by Crippen LogP contribution is -2.49. The number of carbonyl (C=O) groups is 1. The highest BCUT2D eigenvalue weighted by Gasteiger charge is 2.22. The van der Waals surface area contributed by atoms with Crippen molar-refractivity contribution < 1.29 is 19.0 Å². The van der Waals surface area contributed by atoms with Crippen LogP contribution in [0.5, 0.6) is 17.2 Å². The summed E-state index contributed by atoms with van der Waals surface area (Å²) in [6.45, 7) is 4.10. The van der Waals surface area contributed by atoms with E-state index in [1.165, 1.54) is 5.56 Å². The van der Waals surface area contributed by atoms with Crippen LogP contribution in [-0.2, 0) is 11.3 Å². The summed E-state index contributed by atoms with van der Waals surface area (Å²) in [5.74, 6) is 2.08. The van der Waals surface area contributed by atoms with Gasteiger partial charge in [0.1, 0.15) is 5.75 Å². The van der Waals surface area contributed by atoms with Gasteiger partial charge < -0.3 is 19.1 Å². The Morgan fingerprint density at radius 2 is 1.86 bits per heavy atom. The largest absolute Gasteiger partial charge is 0.482 e. The Morgan fingerprint density at radius 1 is 1.07 bits per heavy atom. The molecular weight excluding hydrogens is 448 g/mol. The molecule has 0 spiro atoms. The molecule has 1 fully saturated rings. The number of fused-ring (bicyclic) bond motifs is 1. The van der Waals surface area contributed by atoms with Crippen LogP contribution in [0.3, 0.4) is 0 Å². The van der Waals surface area contributed by atoms with Crippen LogP contribution in [0.1, 0.15) is 5.56 Å². The maximum Gasteiger partial charge on any atom is 0.260 e. The molecule has 2 aliphatic rings. The van der Waals surface area contributed by atoms with E-state index in [4.69, 9.17) is 25.8 Å². The highest BCUT2D eigenvalue weighted by molar-refractivity contribution is 9.10. The summed E-state index contributed by atoms with van der Waals surface area (Å²) in [6, 6.07) is 11.4. The molecule has 2 aliphatic heterocycles. The number of piperazine rings is 1. The van der Waals surface area contributed by atoms with Gasteiger partial charge in [-0.05, 0) is 35.9 Å². The second-order valence-corrected chi connectivity index (χ2v) is 8.03. The lowest BCUT2D eigenvalue weighted by atomic mass is 10.1. The zero-order chi connectivity index (χ0) is 19.5. The van der Waals surface area contributed by atoms with Crippen LogP contribution in [0.25, 0.3) is 0 Å². The van der Waals surface area contributed by atoms with Crippen molar-refractivity contribution in [3.05, 3.63) is 51.5 Å². The molecular formula is C20H20BrClN2O4. The highest BCUT2D eigenvalue weighted by atomic mass is 79.9. The fourth-order valence-corrected chi connectivity index (χ4v) is 4.00. The average Bonchev–Trinajstić information content (AvgIpc) is 3.15. The maximum atomic E-state index is 12.4. The molecule has 0 N–H and O–H groups in total. The first-order valence-electron chi connectivity index (χ1n) is 9.05. The number of carbonyl (C=O) groups excluding carboxylic acids is 1. The van der Waals surface area contributed by atoms with Gasteiger partial charge in [0.2, 0.25) is 6.79 Å². The van der Waals surface area contributed by atoms with E-state index in [0.717, 1.165) is 35.6 Å². The Labute approximate surface area is 177 Å². The summed E-state index contributed by atoms with van der Waals surface area (Å²) < 4.78 is 17.2. The highest BCUT2D eigenvalue weighted by Crippen LogP contribution is 2.33. The predicted octanol–water partition coefficient (Wildman–Crippen LogP) is 3.55. The molecule has 0 aromatic heterocycles. The van der Waals surface area contributed by atoms with Gasteiger partial charge in [0, 0.05) is 37.2 Å². The average molecular weight is 468 g/mol. The molecule has 0 radical (unpaired) electrons. The topological polar surface area (TPSA) is 51.2 Å². The minimum Gasteiger partial charge on any atom is -0.482 e. The summed E-state index contributed by atoms with van der Waals surface area (Å²) in [5, 5.41) is 0.482. The van der Waals surface area contributed by atoms with Gasteiger partial charge in [-0.3, -0.25) is 9.69 Å². The Morgan fingerprint density at radius 3 is 2.64 bits per heavy atom. The second-order valence-electron chi connectivity index (χ2n) is 6.71. The Kier molecular flexibility index (Phi) is 5.94. The van der Waals surface area contributed by atoms with Gasteiger partial charge in [-0.1, -0.05) is 33.6 Å². The molecule has 1 saturated heterocycles. The molecule has 4 rings (SSSR count). The van der Waals surface area contributed by atoms with E-state index in [9.17, 15) is 4.79 Å². The number of halogens is 2. The minimum atomic E-state index is -0.0262. The van der Waals surface area contributed by atoms with Crippen molar-refractivity contribution in [2.45, 2.75) is 6.54 Å². The van der Waals surface area contributed by atoms with E-state index in [-0.39, 0.29) is 19.3 Å². The second kappa shape index (κ2) is 8.59. The molecule has 2 aromatic rings. The van der Waals surface area contributed by atoms with Crippen molar-refractivity contribution in [2.24, 2.45) is 0 Å². The van der Waals surface area contributed by atoms with E-state index < -0.39 is 0 Å². The lowest BCUT2D eigenvalue weighted by molar-refractivity contribution is -0.135. The smallest absolute Gasteiger partial charge is 0.260 e. The molecule has 0 saturated carbocycles. The maximum absolute atomic E-state index is 12.4. The first kappa shape index (κ1) is 19.4. The fourth-order valence-electron chi connectivity index (χ4n) is 3.28. The Hall–Kier alpha value is -1.96. The van der Waals surface area contributed by atoms with Crippen molar-refractivity contribution in [3.8, 4) is 17.2 Å². The third kappa shape index (κ3) is 4.54. The molecule has 148 valence electrons. The summed E-state index contributed by atoms with van der Waals surface area (Å²) in [5.41, 5.74) is 1.18. The summed E-state index contributed by atoms with van der Waals surface area (Å²) >= 11 is 9.48. The minimum absolute atomic E-state index is 0.0104. The van der Waals surface area contributed by atoms with Gasteiger partial charge in [-0.25, -0.2) is 0 Å². The van der Waals surface area contributed by atoms with Crippen molar-refractivity contribution in [1.82, 2.24) is 9.80 Å². The number of hydrogen-bond acceptors (Lipinski definition) is 5. The zero-order valence-electron chi connectivity index (χ0n) is 15.2. The number of nitrogens with zero attached hydrogens (tertiary/aromatic N) is 2. The number of benzene rings is 2. The van der Waals surface area contributed by atoms with E-state index in [1.807, 2.05) is 23.1 Å². The molecule has 2 aromatic carbocycles. The van der Waals surface area contributed by atoms with Crippen LogP contribution in [0.15, 0.2) is 40.9 Å². The van der Waals surface area contributed by atoms with Gasteiger partial charge in [0.15, 0.2) is 18.1 Å². The molecule has 0 bridgehead atoms. The normalized spacial score (nSPS) is 16.3. The quantitative estimate of drug-likeness (QED) is 0.673. The molecule has 1 amide bonds. The van der Waals surface area contributed by atoms with Crippen molar-refractivity contribution in [3.63, 3.8) is 0 Å². The van der Waals surface area contributed by atoms with Gasteiger partial charge in [-0.15, -0.1) is 0 Å². The van der Waals surface area contributed by atoms with E-state index in [1.54, 1.807) is 12.1 Å². The third-order valence-corrected chi connectivity index (χ3v) is 5.60. The van der Waals surface area contributed by atoms with E-state index in [2.05, 4.69) is 26.9 Å². The standard InChI is InChI=1S/C20H20BrClN2O4/c21-15-2-4-17(16(22)10-15)26-12-20(25)24-7-5-23(6-8-24)11-14-1-3-18-19(9-14)28-13-27-18/h1-4,9-10H,5-8,11-13H2. The summed E-state index contributed by atoms with van der Waals surface area (Å²) in [4.78, 5) is 16.6. The molecule has 8 heteroatoms. The monoisotopic (exact) mass is 466 g/mol. The first-order valence-corrected chi connectivity index (χ1v) is 10.2. The molecule has 2 heterocycles. The number of amides is 1. The van der Waals surface area contributed by atoms with Crippen LogP contribution < -0.4 is 14.2 Å². The van der Waals surface area contributed by atoms with E-state index >= 15 is 0 Å². The van der Waals surface area contributed by atoms with Crippen LogP contribution in [0.2, 0.25) is 5.02 Å². The van der Waals surface area contributed by atoms with Crippen LogP contribution in [-0.4, -0.2) is 55.3 Å². The molecule has 0 atom stereocenters. The first-order chi connectivity index (χ1) is 13.6. The van der Waals surface area contributed by atoms with Crippen molar-refractivity contribution in [1.29, 1.82) is 0 Å². The van der Waals surface area contributed by atoms with Crippen LogP contribution in [0.4, 0.5) is 0 Å². The fraction of sp³-hybridized carbons (Fsp3) is 0.350. The van der Waals surface area contributed by atoms with E-state index in [0.29, 0.717) is 23.9 Å². The third-order valence-electron chi connectivity index (χ3n) is 4.81. The molecule has 28 heavy (non-hydrogen) atoms. The van der Waals surface area contributed by atoms with Crippen molar-refractivity contribution >= 4 is 33.4 Å². The van der Waals surface area contributed by atoms with Crippen LogP contribution in [0, 0.1) is 0 Å². The number of hydrogen-bond donors (Lipinski definition) is 0.